The van der Waals surface area contributed by atoms with E-state index in [-0.39, 0.29) is 17.8 Å². The number of rotatable bonds is 6. The summed E-state index contributed by atoms with van der Waals surface area (Å²) in [6.45, 7) is 2.44. The Balaban J connectivity index is 1.18. The van der Waals surface area contributed by atoms with Crippen LogP contribution in [-0.4, -0.2) is 44.2 Å². The van der Waals surface area contributed by atoms with Crippen molar-refractivity contribution >= 4 is 40.3 Å². The van der Waals surface area contributed by atoms with Crippen LogP contribution in [0.2, 0.25) is 5.02 Å². The van der Waals surface area contributed by atoms with Crippen molar-refractivity contribution < 1.29 is 9.53 Å². The summed E-state index contributed by atoms with van der Waals surface area (Å²) in [6, 6.07) is 9.77. The van der Waals surface area contributed by atoms with Crippen molar-refractivity contribution in [1.29, 1.82) is 0 Å². The third-order valence-corrected chi connectivity index (χ3v) is 6.28. The van der Waals surface area contributed by atoms with E-state index in [1.807, 2.05) is 37.3 Å². The molecular weight excluding hydrogens is 446 g/mol. The van der Waals surface area contributed by atoms with Crippen LogP contribution in [0.15, 0.2) is 54.1 Å². The van der Waals surface area contributed by atoms with Crippen molar-refractivity contribution in [2.75, 3.05) is 12.3 Å². The molecule has 162 valence electrons. The summed E-state index contributed by atoms with van der Waals surface area (Å²) in [5.74, 6) is 0.953. The smallest absolute Gasteiger partial charge is 0.230 e. The van der Waals surface area contributed by atoms with Crippen LogP contribution in [0.4, 0.5) is 0 Å². The highest BCUT2D eigenvalue weighted by Gasteiger charge is 2.27. The predicted molar refractivity (Wildman–Crippen MR) is 125 cm³/mol. The van der Waals surface area contributed by atoms with Crippen LogP contribution < -0.4 is 10.1 Å². The summed E-state index contributed by atoms with van der Waals surface area (Å²) >= 11 is 7.69. The van der Waals surface area contributed by atoms with E-state index in [4.69, 9.17) is 16.3 Å². The molecule has 3 heterocycles. The largest absolute Gasteiger partial charge is 0.487 e. The lowest BCUT2D eigenvalue weighted by atomic mass is 10.0. The van der Waals surface area contributed by atoms with E-state index >= 15 is 0 Å². The number of hydrogen-bond acceptors (Lipinski definition) is 6. The Bertz CT molecular complexity index is 1290. The van der Waals surface area contributed by atoms with Crippen LogP contribution in [0, 0.1) is 6.92 Å². The Hall–Kier alpha value is -3.10. The minimum atomic E-state index is -0.165. The van der Waals surface area contributed by atoms with Gasteiger partial charge in [0.2, 0.25) is 5.91 Å². The number of imidazole rings is 1. The van der Waals surface area contributed by atoms with Gasteiger partial charge < -0.3 is 15.0 Å². The van der Waals surface area contributed by atoms with Crippen molar-refractivity contribution in [3.63, 3.8) is 0 Å². The van der Waals surface area contributed by atoms with Gasteiger partial charge in [-0.1, -0.05) is 29.4 Å². The number of aromatic nitrogens is 4. The normalized spacial score (nSPS) is 14.9. The maximum atomic E-state index is 12.4. The van der Waals surface area contributed by atoms with Gasteiger partial charge in [-0.05, 0) is 36.8 Å². The number of hydrogen-bond donors (Lipinski definition) is 2. The number of aromatic amines is 1. The van der Waals surface area contributed by atoms with Gasteiger partial charge in [-0.25, -0.2) is 4.98 Å². The molecule has 0 radical (unpaired) electrons. The number of carbonyl (C=O) groups is 1. The Labute approximate surface area is 194 Å². The SMILES string of the molecule is Cc1ccc2nc(SCC(=O)NCC3Cc4cc(Cl)cc(-c5cnccn5)c4O3)[nH]c2c1. The maximum absolute atomic E-state index is 12.4. The predicted octanol–water partition coefficient (Wildman–Crippen LogP) is 4.19. The second kappa shape index (κ2) is 8.80. The number of ether oxygens (including phenoxy) is 1. The molecule has 0 aliphatic carbocycles. The first-order valence-corrected chi connectivity index (χ1v) is 11.5. The number of aryl methyl sites for hydroxylation is 1. The van der Waals surface area contributed by atoms with Crippen LogP contribution in [-0.2, 0) is 11.2 Å². The summed E-state index contributed by atoms with van der Waals surface area (Å²) in [6.07, 6.45) is 5.44. The quantitative estimate of drug-likeness (QED) is 0.415. The fraction of sp³-hybridized carbons (Fsp3) is 0.217. The van der Waals surface area contributed by atoms with Gasteiger partial charge in [-0.15, -0.1) is 0 Å². The van der Waals surface area contributed by atoms with Crippen molar-refractivity contribution in [2.24, 2.45) is 0 Å². The van der Waals surface area contributed by atoms with Crippen LogP contribution in [0.1, 0.15) is 11.1 Å². The molecule has 2 aromatic heterocycles. The van der Waals surface area contributed by atoms with E-state index in [1.165, 1.54) is 11.8 Å². The highest BCUT2D eigenvalue weighted by atomic mass is 35.5. The topological polar surface area (TPSA) is 92.8 Å². The first-order valence-electron chi connectivity index (χ1n) is 10.2. The molecule has 1 unspecified atom stereocenters. The molecule has 4 aromatic rings. The monoisotopic (exact) mass is 465 g/mol. The summed E-state index contributed by atoms with van der Waals surface area (Å²) in [5.41, 5.74) is 5.55. The van der Waals surface area contributed by atoms with Crippen LogP contribution in [0.3, 0.4) is 0 Å². The maximum Gasteiger partial charge on any atom is 0.230 e. The van der Waals surface area contributed by atoms with Gasteiger partial charge in [0, 0.05) is 35.0 Å². The molecule has 1 atom stereocenters. The lowest BCUT2D eigenvalue weighted by molar-refractivity contribution is -0.118. The standard InChI is InChI=1S/C23H20ClN5O2S/c1-13-2-3-18-19(6-13)29-23(28-18)32-12-21(30)27-10-16-8-14-7-15(24)9-17(22(14)31-16)20-11-25-4-5-26-20/h2-7,9,11,16H,8,10,12H2,1H3,(H,27,30)(H,28,29). The average Bonchev–Trinajstić information content (AvgIpc) is 3.39. The third-order valence-electron chi connectivity index (χ3n) is 5.18. The molecule has 32 heavy (non-hydrogen) atoms. The molecule has 0 spiro atoms. The molecule has 0 saturated heterocycles. The van der Waals surface area contributed by atoms with E-state index in [2.05, 4.69) is 25.3 Å². The molecular formula is C23H20ClN5O2S. The summed E-state index contributed by atoms with van der Waals surface area (Å²) in [7, 11) is 0. The van der Waals surface area contributed by atoms with Gasteiger partial charge in [-0.2, -0.15) is 0 Å². The van der Waals surface area contributed by atoms with E-state index < -0.39 is 0 Å². The fourth-order valence-electron chi connectivity index (χ4n) is 3.72. The third kappa shape index (κ3) is 4.42. The number of amides is 1. The van der Waals surface area contributed by atoms with Crippen LogP contribution >= 0.6 is 23.4 Å². The van der Waals surface area contributed by atoms with E-state index in [0.717, 1.165) is 38.6 Å². The molecule has 2 aromatic carbocycles. The Morgan fingerprint density at radius 3 is 3.06 bits per heavy atom. The zero-order valence-corrected chi connectivity index (χ0v) is 18.8. The van der Waals surface area contributed by atoms with E-state index in [1.54, 1.807) is 18.6 Å². The minimum Gasteiger partial charge on any atom is -0.487 e. The van der Waals surface area contributed by atoms with Gasteiger partial charge in [-0.3, -0.25) is 14.8 Å². The first kappa shape index (κ1) is 20.8. The van der Waals surface area contributed by atoms with Gasteiger partial charge in [0.1, 0.15) is 11.9 Å². The van der Waals surface area contributed by atoms with Crippen molar-refractivity contribution in [3.05, 3.63) is 65.1 Å². The van der Waals surface area contributed by atoms with E-state index in [9.17, 15) is 4.79 Å². The molecule has 2 N–H and O–H groups in total. The highest BCUT2D eigenvalue weighted by Crippen LogP contribution is 2.40. The van der Waals surface area contributed by atoms with E-state index in [0.29, 0.717) is 23.7 Å². The molecule has 1 aliphatic heterocycles. The number of halogens is 1. The van der Waals surface area contributed by atoms with Crippen LogP contribution in [0.5, 0.6) is 5.75 Å². The average molecular weight is 466 g/mol. The number of H-pyrrole nitrogens is 1. The fourth-order valence-corrected chi connectivity index (χ4v) is 4.67. The molecule has 0 fully saturated rings. The van der Waals surface area contributed by atoms with Gasteiger partial charge >= 0.3 is 0 Å². The zero-order valence-electron chi connectivity index (χ0n) is 17.3. The first-order chi connectivity index (χ1) is 15.5. The molecule has 1 aliphatic rings. The van der Waals surface area contributed by atoms with Gasteiger partial charge in [0.05, 0.1) is 35.2 Å². The molecule has 7 nitrogen and oxygen atoms in total. The molecule has 9 heteroatoms. The lowest BCUT2D eigenvalue weighted by Crippen LogP contribution is -2.35. The molecule has 0 saturated carbocycles. The van der Waals surface area contributed by atoms with Gasteiger partial charge in [0.25, 0.3) is 0 Å². The lowest BCUT2D eigenvalue weighted by Gasteiger charge is -2.13. The number of nitrogens with zero attached hydrogens (tertiary/aromatic N) is 3. The zero-order chi connectivity index (χ0) is 22.1. The Morgan fingerprint density at radius 1 is 1.31 bits per heavy atom. The number of fused-ring (bicyclic) bond motifs is 2. The Morgan fingerprint density at radius 2 is 2.22 bits per heavy atom. The van der Waals surface area contributed by atoms with Crippen molar-refractivity contribution in [1.82, 2.24) is 25.3 Å². The number of carbonyl (C=O) groups excluding carboxylic acids is 1. The number of nitrogens with one attached hydrogen (secondary N) is 2. The second-order valence-electron chi connectivity index (χ2n) is 7.63. The molecule has 0 bridgehead atoms. The molecule has 5 rings (SSSR count). The molecule has 1 amide bonds. The summed E-state index contributed by atoms with van der Waals surface area (Å²) in [4.78, 5) is 28.6. The number of thioether (sulfide) groups is 1. The van der Waals surface area contributed by atoms with Gasteiger partial charge in [0.15, 0.2) is 5.16 Å². The summed E-state index contributed by atoms with van der Waals surface area (Å²) in [5, 5.41) is 4.31. The second-order valence-corrected chi connectivity index (χ2v) is 9.03. The number of benzene rings is 2. The minimum absolute atomic E-state index is 0.0709. The van der Waals surface area contributed by atoms with Crippen molar-refractivity contribution in [2.45, 2.75) is 24.6 Å². The highest BCUT2D eigenvalue weighted by molar-refractivity contribution is 7.99. The van der Waals surface area contributed by atoms with Crippen LogP contribution in [0.25, 0.3) is 22.3 Å². The Kier molecular flexibility index (Phi) is 5.71. The summed E-state index contributed by atoms with van der Waals surface area (Å²) < 4.78 is 6.15. The van der Waals surface area contributed by atoms with Crippen molar-refractivity contribution in [3.8, 4) is 17.0 Å².